The summed E-state index contributed by atoms with van der Waals surface area (Å²) in [7, 11) is 0. The van der Waals surface area contributed by atoms with Crippen LogP contribution in [-0.4, -0.2) is 49.5 Å². The first-order valence-electron chi connectivity index (χ1n) is 9.53. The molecule has 2 aromatic carbocycles. The van der Waals surface area contributed by atoms with Crippen LogP contribution in [0.5, 0.6) is 0 Å². The summed E-state index contributed by atoms with van der Waals surface area (Å²) < 4.78 is 23.8. The van der Waals surface area contributed by atoms with Crippen LogP contribution < -0.4 is 5.43 Å². The van der Waals surface area contributed by atoms with E-state index in [1.54, 1.807) is 19.1 Å². The van der Waals surface area contributed by atoms with E-state index < -0.39 is 5.97 Å². The minimum absolute atomic E-state index is 0.147. The number of rotatable bonds is 7. The van der Waals surface area contributed by atoms with Crippen molar-refractivity contribution in [2.75, 3.05) is 38.3 Å². The molecule has 0 atom stereocenters. The molecule has 0 aliphatic carbocycles. The van der Waals surface area contributed by atoms with E-state index in [0.717, 1.165) is 18.7 Å². The van der Waals surface area contributed by atoms with Crippen molar-refractivity contribution < 1.29 is 18.7 Å². The van der Waals surface area contributed by atoms with E-state index in [-0.39, 0.29) is 18.1 Å². The molecule has 0 unspecified atom stereocenters. The summed E-state index contributed by atoms with van der Waals surface area (Å²) in [5, 5.41) is 4.33. The van der Waals surface area contributed by atoms with Gasteiger partial charge in [-0.2, -0.15) is 5.10 Å². The molecule has 1 aliphatic heterocycles. The van der Waals surface area contributed by atoms with E-state index in [2.05, 4.69) is 15.4 Å². The fraction of sp³-hybridized carbons (Fsp3) is 0.273. The first-order chi connectivity index (χ1) is 14.2. The largest absolute Gasteiger partial charge is 0.461 e. The fourth-order valence-corrected chi connectivity index (χ4v) is 2.84. The van der Waals surface area contributed by atoms with E-state index in [4.69, 9.17) is 9.47 Å². The summed E-state index contributed by atoms with van der Waals surface area (Å²) in [6.07, 6.45) is 1.92. The number of morpholine rings is 1. The molecule has 1 heterocycles. The first-order valence-corrected chi connectivity index (χ1v) is 9.53. The number of benzene rings is 2. The van der Waals surface area contributed by atoms with Gasteiger partial charge >= 0.3 is 5.97 Å². The fourth-order valence-electron chi connectivity index (χ4n) is 2.84. The molecule has 0 aromatic heterocycles. The quantitative estimate of drug-likeness (QED) is 0.440. The number of carbonyl (C=O) groups is 1. The number of nitrogens with zero attached hydrogens (tertiary/aromatic N) is 2. The minimum Gasteiger partial charge on any atom is -0.461 e. The molecule has 1 fully saturated rings. The predicted octanol–water partition coefficient (Wildman–Crippen LogP) is 3.53. The Morgan fingerprint density at radius 1 is 1.17 bits per heavy atom. The number of nitrogens with one attached hydrogen (secondary N) is 1. The third-order valence-corrected chi connectivity index (χ3v) is 4.31. The van der Waals surface area contributed by atoms with Crippen molar-refractivity contribution in [2.24, 2.45) is 5.10 Å². The van der Waals surface area contributed by atoms with Gasteiger partial charge in [-0.3, -0.25) is 5.43 Å². The average Bonchev–Trinajstić information content (AvgIpc) is 2.76. The third-order valence-electron chi connectivity index (χ3n) is 4.31. The van der Waals surface area contributed by atoms with Gasteiger partial charge < -0.3 is 14.4 Å². The van der Waals surface area contributed by atoms with Gasteiger partial charge in [0.15, 0.2) is 5.71 Å². The molecule has 1 saturated heterocycles. The van der Waals surface area contributed by atoms with Gasteiger partial charge in [-0.05, 0) is 36.8 Å². The summed E-state index contributed by atoms with van der Waals surface area (Å²) in [6.45, 7) is 4.66. The van der Waals surface area contributed by atoms with E-state index in [9.17, 15) is 9.18 Å². The summed E-state index contributed by atoms with van der Waals surface area (Å²) in [4.78, 5) is 14.8. The van der Waals surface area contributed by atoms with Crippen LogP contribution in [0.4, 0.5) is 10.1 Å². The zero-order valence-corrected chi connectivity index (χ0v) is 16.3. The van der Waals surface area contributed by atoms with Gasteiger partial charge in [0.1, 0.15) is 5.82 Å². The van der Waals surface area contributed by atoms with Gasteiger partial charge in [0, 0.05) is 24.9 Å². The van der Waals surface area contributed by atoms with E-state index in [1.165, 1.54) is 12.1 Å². The predicted molar refractivity (Wildman–Crippen MR) is 111 cm³/mol. The van der Waals surface area contributed by atoms with Crippen LogP contribution in [0.3, 0.4) is 0 Å². The average molecular weight is 397 g/mol. The summed E-state index contributed by atoms with van der Waals surface area (Å²) >= 11 is 0. The van der Waals surface area contributed by atoms with Crippen molar-refractivity contribution in [2.45, 2.75) is 6.92 Å². The number of ether oxygens (including phenoxy) is 2. The van der Waals surface area contributed by atoms with Gasteiger partial charge in [-0.25, -0.2) is 9.18 Å². The molecule has 0 saturated carbocycles. The lowest BCUT2D eigenvalue weighted by Gasteiger charge is -2.26. The van der Waals surface area contributed by atoms with Crippen molar-refractivity contribution in [1.29, 1.82) is 0 Å². The molecule has 0 bridgehead atoms. The molecule has 1 N–H and O–H groups in total. The lowest BCUT2D eigenvalue weighted by Crippen LogP contribution is -2.33. The van der Waals surface area contributed by atoms with E-state index in [0.29, 0.717) is 24.5 Å². The Morgan fingerprint density at radius 3 is 2.52 bits per heavy atom. The van der Waals surface area contributed by atoms with E-state index >= 15 is 0 Å². The van der Waals surface area contributed by atoms with Gasteiger partial charge in [-0.1, -0.05) is 30.3 Å². The van der Waals surface area contributed by atoms with Crippen LogP contribution in [-0.2, 0) is 14.3 Å². The summed E-state index contributed by atoms with van der Waals surface area (Å²) in [5.41, 5.74) is 5.02. The Morgan fingerprint density at radius 2 is 1.86 bits per heavy atom. The maximum atomic E-state index is 13.2. The highest BCUT2D eigenvalue weighted by Gasteiger charge is 2.22. The number of hydrogen-bond acceptors (Lipinski definition) is 6. The monoisotopic (exact) mass is 397 g/mol. The van der Waals surface area contributed by atoms with Crippen LogP contribution in [0.2, 0.25) is 0 Å². The SMILES string of the molecule is CCOC(=O)C(=NNc1ccc(F)cc1)C(=CN1CCOCC1)c1ccccc1. The topological polar surface area (TPSA) is 63.2 Å². The molecule has 1 aliphatic rings. The number of hydrazone groups is 1. The summed E-state index contributed by atoms with van der Waals surface area (Å²) in [5.74, 6) is -0.882. The zero-order valence-electron chi connectivity index (χ0n) is 16.3. The second-order valence-corrected chi connectivity index (χ2v) is 6.36. The number of hydrogen-bond donors (Lipinski definition) is 1. The normalized spacial score (nSPS) is 15.2. The first kappa shape index (κ1) is 20.5. The Balaban J connectivity index is 1.99. The van der Waals surface area contributed by atoms with Crippen LogP contribution in [0.1, 0.15) is 12.5 Å². The standard InChI is InChI=1S/C22H24FN3O3/c1-2-29-22(27)21(25-24-19-10-8-18(23)9-11-19)20(17-6-4-3-5-7-17)16-26-12-14-28-15-13-26/h3-11,16,24H,2,12-15H2,1H3. The van der Waals surface area contributed by atoms with Crippen LogP contribution >= 0.6 is 0 Å². The molecule has 0 amide bonds. The molecule has 3 rings (SSSR count). The second-order valence-electron chi connectivity index (χ2n) is 6.36. The smallest absolute Gasteiger partial charge is 0.359 e. The Kier molecular flexibility index (Phi) is 7.35. The highest BCUT2D eigenvalue weighted by atomic mass is 19.1. The van der Waals surface area contributed by atoms with Crippen molar-refractivity contribution in [3.05, 3.63) is 72.2 Å². The minimum atomic E-state index is -0.537. The van der Waals surface area contributed by atoms with Crippen molar-refractivity contribution in [3.8, 4) is 0 Å². The van der Waals surface area contributed by atoms with Crippen molar-refractivity contribution >= 4 is 22.9 Å². The number of halogens is 1. The third kappa shape index (κ3) is 5.89. The highest BCUT2D eigenvalue weighted by molar-refractivity contribution is 6.54. The number of carbonyl (C=O) groups excluding carboxylic acids is 1. The summed E-state index contributed by atoms with van der Waals surface area (Å²) in [6, 6.07) is 15.3. The highest BCUT2D eigenvalue weighted by Crippen LogP contribution is 2.20. The number of esters is 1. The molecule has 6 nitrogen and oxygen atoms in total. The van der Waals surface area contributed by atoms with Crippen LogP contribution in [0.15, 0.2) is 65.9 Å². The Hall–Kier alpha value is -3.19. The molecular formula is C22H24FN3O3. The Labute approximate surface area is 169 Å². The number of anilines is 1. The maximum Gasteiger partial charge on any atom is 0.359 e. The zero-order chi connectivity index (χ0) is 20.5. The molecular weight excluding hydrogens is 373 g/mol. The second kappa shape index (κ2) is 10.4. The van der Waals surface area contributed by atoms with E-state index in [1.807, 2.05) is 36.5 Å². The lowest BCUT2D eigenvalue weighted by atomic mass is 10.0. The van der Waals surface area contributed by atoms with Crippen molar-refractivity contribution in [1.82, 2.24) is 4.90 Å². The molecule has 29 heavy (non-hydrogen) atoms. The van der Waals surface area contributed by atoms with Crippen LogP contribution in [0, 0.1) is 5.82 Å². The van der Waals surface area contributed by atoms with Crippen LogP contribution in [0.25, 0.3) is 5.57 Å². The van der Waals surface area contributed by atoms with Gasteiger partial charge in [0.2, 0.25) is 0 Å². The van der Waals surface area contributed by atoms with Gasteiger partial charge in [-0.15, -0.1) is 0 Å². The van der Waals surface area contributed by atoms with Gasteiger partial charge in [0.25, 0.3) is 0 Å². The molecule has 7 heteroatoms. The molecule has 2 aromatic rings. The molecule has 0 radical (unpaired) electrons. The Bertz CT molecular complexity index is 861. The molecule has 152 valence electrons. The van der Waals surface area contributed by atoms with Crippen molar-refractivity contribution in [3.63, 3.8) is 0 Å². The molecule has 0 spiro atoms. The van der Waals surface area contributed by atoms with Gasteiger partial charge in [0.05, 0.1) is 25.5 Å². The lowest BCUT2D eigenvalue weighted by molar-refractivity contribution is -0.134. The maximum absolute atomic E-state index is 13.2.